The fourth-order valence-corrected chi connectivity index (χ4v) is 16.1. The molecule has 11 nitrogen and oxygen atoms in total. The first-order valence-electron chi connectivity index (χ1n) is 30.6. The van der Waals surface area contributed by atoms with Crippen molar-refractivity contribution >= 4 is 74.4 Å². The van der Waals surface area contributed by atoms with Gasteiger partial charge in [0.25, 0.3) is 0 Å². The maximum Gasteiger partial charge on any atom is 0.234 e. The Morgan fingerprint density at radius 3 is 1.29 bits per heavy atom. The molecule has 0 aromatic heterocycles. The molecule has 11 heteroatoms. The Labute approximate surface area is 496 Å². The predicted octanol–water partition coefficient (Wildman–Crippen LogP) is 15.0. The van der Waals surface area contributed by atoms with E-state index in [0.717, 1.165) is 121 Å². The zero-order valence-corrected chi connectivity index (χ0v) is 49.5. The summed E-state index contributed by atoms with van der Waals surface area (Å²) in [7, 11) is 9.09. The van der Waals surface area contributed by atoms with Crippen LogP contribution < -0.4 is 29.2 Å². The lowest BCUT2D eigenvalue weighted by Gasteiger charge is -2.61. The molecular weight excluding hydrogens is 1040 g/mol. The minimum absolute atomic E-state index is 0.0770. The maximum absolute atomic E-state index is 13.8. The van der Waals surface area contributed by atoms with E-state index in [1.807, 2.05) is 213 Å². The fourth-order valence-electron chi connectivity index (χ4n) is 16.1. The topological polar surface area (TPSA) is 111 Å². The first kappa shape index (κ1) is 57.8. The van der Waals surface area contributed by atoms with Gasteiger partial charge in [-0.1, -0.05) is 128 Å². The summed E-state index contributed by atoms with van der Waals surface area (Å²) in [6, 6.07) is 61.4. The van der Waals surface area contributed by atoms with Crippen LogP contribution in [0.25, 0.3) is 10.8 Å². The Morgan fingerprint density at radius 1 is 0.417 bits per heavy atom. The highest BCUT2D eigenvalue weighted by Crippen LogP contribution is 2.66. The summed E-state index contributed by atoms with van der Waals surface area (Å²) in [5.74, 6) is 2.82. The van der Waals surface area contributed by atoms with Gasteiger partial charge in [0.2, 0.25) is 29.5 Å². The van der Waals surface area contributed by atoms with E-state index in [0.29, 0.717) is 30.1 Å². The molecule has 7 aromatic carbocycles. The van der Waals surface area contributed by atoms with Crippen LogP contribution in [0.5, 0.6) is 5.75 Å². The number of fused-ring (bicyclic) bond motifs is 3. The van der Waals surface area contributed by atoms with Crippen LogP contribution in [0, 0.1) is 52.3 Å². The van der Waals surface area contributed by atoms with Gasteiger partial charge in [0.1, 0.15) is 5.75 Å². The van der Waals surface area contributed by atoms with Gasteiger partial charge < -0.3 is 24.3 Å². The van der Waals surface area contributed by atoms with Gasteiger partial charge in [-0.25, -0.2) is 0 Å². The first-order valence-corrected chi connectivity index (χ1v) is 30.6. The molecule has 7 saturated carbocycles. The molecule has 0 N–H and O–H groups in total. The first-order chi connectivity index (χ1) is 40.8. The molecule has 84 heavy (non-hydrogen) atoms. The summed E-state index contributed by atoms with van der Waals surface area (Å²) in [6.07, 6.45) is 14.2. The van der Waals surface area contributed by atoms with Gasteiger partial charge in [-0.05, 0) is 179 Å². The maximum atomic E-state index is 13.8. The molecule has 2 unspecified atom stereocenters. The third-order valence-electron chi connectivity index (χ3n) is 19.8. The largest absolute Gasteiger partial charge is 0.497 e. The van der Waals surface area contributed by atoms with E-state index in [-0.39, 0.29) is 47.3 Å². The van der Waals surface area contributed by atoms with E-state index in [9.17, 15) is 24.0 Å². The normalized spacial score (nSPS) is 24.3. The van der Waals surface area contributed by atoms with Crippen molar-refractivity contribution < 1.29 is 28.7 Å². The average molecular weight is 1120 g/mol. The smallest absolute Gasteiger partial charge is 0.234 e. The Hall–Kier alpha value is -8.05. The standard InChI is InChI=1S/C26H30N2O2.C24H25NO2.C23H26N2O2/c1-27(21-9-5-3-6-10-21)23(29)25-14-19-13-20(15-25)17-26(16-19,18-25)24(30)28(2)22-11-7-4-8-12-22;1-27-21-16-14-20(15-17-21)25(24(26)19-9-3-2-4-10-19)23-13-7-11-18-8-5-6-12-22(18)23;1-24(18-9-5-3-6-10-18)22(26)20-16-13-14-17(15-16)21(20)23(27)25(2)19-11-7-4-8-12-19/h3-12,19-20H,13-18H2,1-2H3;5-8,11-17,19H,2-4,9-10H2,1H3;3-12,16-17,20-21H,13-15H2,1-2H3/t;;16-,17+,20?,21?. The number of carbonyl (C=O) groups is 5. The van der Waals surface area contributed by atoms with Crippen LogP contribution in [0.4, 0.5) is 34.1 Å². The lowest BCUT2D eigenvalue weighted by Crippen LogP contribution is -2.61. The van der Waals surface area contributed by atoms with Crippen molar-refractivity contribution in [3.05, 3.63) is 188 Å². The minimum Gasteiger partial charge on any atom is -0.497 e. The van der Waals surface area contributed by atoms with Crippen molar-refractivity contribution in [2.45, 2.75) is 89.9 Å². The lowest BCUT2D eigenvalue weighted by atomic mass is 9.43. The highest BCUT2D eigenvalue weighted by Gasteiger charge is 2.64. The number of benzene rings is 7. The van der Waals surface area contributed by atoms with Crippen molar-refractivity contribution in [2.24, 2.45) is 52.3 Å². The summed E-state index contributed by atoms with van der Waals surface area (Å²) in [4.78, 5) is 77.0. The Morgan fingerprint density at radius 2 is 0.833 bits per heavy atom. The predicted molar refractivity (Wildman–Crippen MR) is 337 cm³/mol. The van der Waals surface area contributed by atoms with Crippen molar-refractivity contribution in [2.75, 3.05) is 59.8 Å². The second-order valence-electron chi connectivity index (χ2n) is 25.0. The molecule has 7 aliphatic carbocycles. The van der Waals surface area contributed by atoms with E-state index >= 15 is 0 Å². The molecule has 0 spiro atoms. The highest BCUT2D eigenvalue weighted by atomic mass is 16.5. The Balaban J connectivity index is 0.000000132. The SMILES string of the molecule is CN(C(=O)C12CC3CC(C1)CC(C(=O)N(C)c1ccccc1)(C3)C2)c1ccccc1.CN(C(=O)C1C(C(=O)N(C)c2ccccc2)[C@H]2CC[C@@H]1C2)c1ccccc1.COc1ccc(N(C(=O)C2CCCCC2)c2cccc3ccccc23)cc1. The van der Waals surface area contributed by atoms with Crippen molar-refractivity contribution in [1.82, 2.24) is 0 Å². The molecule has 6 bridgehead atoms. The van der Waals surface area contributed by atoms with Gasteiger partial charge in [-0.3, -0.25) is 28.9 Å². The highest BCUT2D eigenvalue weighted by molar-refractivity contribution is 6.09. The van der Waals surface area contributed by atoms with Crippen LogP contribution in [0.15, 0.2) is 188 Å². The molecule has 434 valence electrons. The zero-order valence-electron chi connectivity index (χ0n) is 49.5. The molecule has 0 aliphatic heterocycles. The van der Waals surface area contributed by atoms with Crippen LogP contribution in [-0.2, 0) is 24.0 Å². The van der Waals surface area contributed by atoms with Crippen LogP contribution in [0.3, 0.4) is 0 Å². The molecule has 4 atom stereocenters. The molecule has 0 heterocycles. The molecule has 7 aromatic rings. The molecule has 7 fully saturated rings. The second-order valence-corrected chi connectivity index (χ2v) is 25.0. The van der Waals surface area contributed by atoms with Crippen LogP contribution in [-0.4, -0.2) is 64.8 Å². The van der Waals surface area contributed by atoms with Crippen molar-refractivity contribution in [3.8, 4) is 5.75 Å². The Bertz CT molecular complexity index is 3260. The van der Waals surface area contributed by atoms with E-state index in [1.54, 1.807) is 16.9 Å². The number of nitrogens with zero attached hydrogens (tertiary/aromatic N) is 5. The zero-order chi connectivity index (χ0) is 58.5. The number of amides is 5. The summed E-state index contributed by atoms with van der Waals surface area (Å²) in [6.45, 7) is 0. The second kappa shape index (κ2) is 25.0. The third kappa shape index (κ3) is 11.6. The van der Waals surface area contributed by atoms with Crippen LogP contribution in [0.1, 0.15) is 89.9 Å². The van der Waals surface area contributed by atoms with Gasteiger partial charge in [-0.15, -0.1) is 0 Å². The quantitative estimate of drug-likeness (QED) is 0.120. The number of para-hydroxylation sites is 4. The number of rotatable bonds is 12. The molecule has 5 amide bonds. The number of carbonyl (C=O) groups excluding carboxylic acids is 5. The Kier molecular flexibility index (Phi) is 17.2. The van der Waals surface area contributed by atoms with E-state index < -0.39 is 10.8 Å². The summed E-state index contributed by atoms with van der Waals surface area (Å²) >= 11 is 0. The van der Waals surface area contributed by atoms with Crippen molar-refractivity contribution in [3.63, 3.8) is 0 Å². The average Bonchev–Trinajstić information content (AvgIpc) is 1.01. The van der Waals surface area contributed by atoms with Crippen LogP contribution >= 0.6 is 0 Å². The molecule has 7 aliphatic rings. The van der Waals surface area contributed by atoms with Gasteiger partial charge >= 0.3 is 0 Å². The lowest BCUT2D eigenvalue weighted by molar-refractivity contribution is -0.163. The summed E-state index contributed by atoms with van der Waals surface area (Å²) in [5, 5.41) is 2.24. The van der Waals surface area contributed by atoms with E-state index in [4.69, 9.17) is 4.74 Å². The third-order valence-corrected chi connectivity index (χ3v) is 19.8. The number of anilines is 6. The molecule has 0 radical (unpaired) electrons. The summed E-state index contributed by atoms with van der Waals surface area (Å²) in [5.41, 5.74) is 4.67. The number of hydrogen-bond donors (Lipinski definition) is 0. The molecule has 14 rings (SSSR count). The number of ether oxygens (including phenoxy) is 1. The monoisotopic (exact) mass is 1120 g/mol. The van der Waals surface area contributed by atoms with Gasteiger partial charge in [0.05, 0.1) is 35.5 Å². The van der Waals surface area contributed by atoms with E-state index in [2.05, 4.69) is 18.2 Å². The summed E-state index contributed by atoms with van der Waals surface area (Å²) < 4.78 is 5.30. The molecule has 0 saturated heterocycles. The van der Waals surface area contributed by atoms with Gasteiger partial charge in [0, 0.05) is 67.9 Å². The fraction of sp³-hybridized carbons (Fsp3) is 0.384. The molecular formula is C73H81N5O6. The van der Waals surface area contributed by atoms with Crippen molar-refractivity contribution in [1.29, 1.82) is 0 Å². The van der Waals surface area contributed by atoms with Gasteiger partial charge in [-0.2, -0.15) is 0 Å². The van der Waals surface area contributed by atoms with Gasteiger partial charge in [0.15, 0.2) is 0 Å². The van der Waals surface area contributed by atoms with E-state index in [1.165, 1.54) is 12.8 Å². The number of hydrogen-bond acceptors (Lipinski definition) is 6. The number of methoxy groups -OCH3 is 1. The van der Waals surface area contributed by atoms with Crippen LogP contribution in [0.2, 0.25) is 0 Å². The minimum atomic E-state index is -0.401.